The number of phenols is 1. The van der Waals surface area contributed by atoms with E-state index in [0.29, 0.717) is 22.0 Å². The number of nitrogens with zero attached hydrogens (tertiary/aromatic N) is 2. The van der Waals surface area contributed by atoms with E-state index in [1.165, 1.54) is 42.9 Å². The van der Waals surface area contributed by atoms with Crippen molar-refractivity contribution >= 4 is 23.5 Å². The molecule has 3 aromatic rings. The summed E-state index contributed by atoms with van der Waals surface area (Å²) in [5.41, 5.74) is 4.20. The van der Waals surface area contributed by atoms with Crippen LogP contribution in [0.3, 0.4) is 0 Å². The quantitative estimate of drug-likeness (QED) is 0.503. The number of nitrogens with one attached hydrogen (secondary N) is 1. The molecule has 0 unspecified atom stereocenters. The molecule has 0 radical (unpaired) electrons. The molecule has 27 heavy (non-hydrogen) atoms. The van der Waals surface area contributed by atoms with Gasteiger partial charge in [-0.1, -0.05) is 0 Å². The number of methoxy groups -OCH3 is 1. The molecule has 6 nitrogen and oxygen atoms in total. The minimum absolute atomic E-state index is 0.0252. The van der Waals surface area contributed by atoms with E-state index in [1.807, 2.05) is 0 Å². The molecule has 1 aromatic heterocycles. The van der Waals surface area contributed by atoms with Crippen molar-refractivity contribution in [2.24, 2.45) is 5.10 Å². The van der Waals surface area contributed by atoms with E-state index in [1.54, 1.807) is 29.6 Å². The number of rotatable bonds is 6. The Hall–Kier alpha value is -3.26. The van der Waals surface area contributed by atoms with Crippen LogP contribution in [0.25, 0.3) is 10.6 Å². The number of hydrazone groups is 1. The van der Waals surface area contributed by atoms with Gasteiger partial charge in [-0.05, 0) is 42.5 Å². The number of thiazole rings is 1. The van der Waals surface area contributed by atoms with Gasteiger partial charge in [0.2, 0.25) is 5.91 Å². The summed E-state index contributed by atoms with van der Waals surface area (Å²) in [6.45, 7) is 0. The number of benzene rings is 2. The minimum Gasteiger partial charge on any atom is -0.507 e. The number of amides is 1. The average molecular weight is 385 g/mol. The number of aromatic nitrogens is 1. The van der Waals surface area contributed by atoms with Crippen LogP contribution in [0.2, 0.25) is 0 Å². The first-order valence-corrected chi connectivity index (χ1v) is 8.82. The van der Waals surface area contributed by atoms with Crippen LogP contribution in [-0.4, -0.2) is 29.3 Å². The lowest BCUT2D eigenvalue weighted by Crippen LogP contribution is -2.19. The Balaban J connectivity index is 1.59. The zero-order chi connectivity index (χ0) is 19.2. The van der Waals surface area contributed by atoms with Crippen LogP contribution in [0.5, 0.6) is 11.5 Å². The van der Waals surface area contributed by atoms with E-state index in [4.69, 9.17) is 4.74 Å². The predicted molar refractivity (Wildman–Crippen MR) is 102 cm³/mol. The number of hydrogen-bond acceptors (Lipinski definition) is 6. The monoisotopic (exact) mass is 385 g/mol. The van der Waals surface area contributed by atoms with Crippen LogP contribution in [0.15, 0.2) is 52.9 Å². The van der Waals surface area contributed by atoms with E-state index in [9.17, 15) is 14.3 Å². The molecule has 0 fully saturated rings. The molecule has 2 N–H and O–H groups in total. The highest BCUT2D eigenvalue weighted by Crippen LogP contribution is 2.24. The standard InChI is InChI=1S/C19H16FN3O3S/c1-26-16-6-7-17(24)13(8-16)10-21-23-18(25)9-15-11-27-19(22-15)12-2-4-14(20)5-3-12/h2-8,10-11,24H,9H2,1H3,(H,23,25)/b21-10+. The summed E-state index contributed by atoms with van der Waals surface area (Å²) >= 11 is 1.38. The molecular formula is C19H16FN3O3S. The van der Waals surface area contributed by atoms with Gasteiger partial charge < -0.3 is 9.84 Å². The van der Waals surface area contributed by atoms with Crippen LogP contribution in [-0.2, 0) is 11.2 Å². The third kappa shape index (κ3) is 4.89. The third-order valence-corrected chi connectivity index (χ3v) is 4.55. The van der Waals surface area contributed by atoms with Gasteiger partial charge in [0, 0.05) is 16.5 Å². The fourth-order valence-electron chi connectivity index (χ4n) is 2.25. The number of ether oxygens (including phenoxy) is 1. The maximum atomic E-state index is 13.0. The van der Waals surface area contributed by atoms with Gasteiger partial charge in [-0.2, -0.15) is 5.10 Å². The lowest BCUT2D eigenvalue weighted by molar-refractivity contribution is -0.120. The van der Waals surface area contributed by atoms with Crippen LogP contribution in [0.4, 0.5) is 4.39 Å². The van der Waals surface area contributed by atoms with Crippen molar-refractivity contribution in [2.45, 2.75) is 6.42 Å². The van der Waals surface area contributed by atoms with Crippen molar-refractivity contribution in [1.29, 1.82) is 0 Å². The van der Waals surface area contributed by atoms with E-state index < -0.39 is 0 Å². The molecule has 0 aliphatic heterocycles. The fraction of sp³-hybridized carbons (Fsp3) is 0.105. The van der Waals surface area contributed by atoms with Crippen LogP contribution >= 0.6 is 11.3 Å². The van der Waals surface area contributed by atoms with Crippen molar-refractivity contribution < 1.29 is 19.0 Å². The third-order valence-electron chi connectivity index (χ3n) is 3.61. The van der Waals surface area contributed by atoms with Gasteiger partial charge >= 0.3 is 0 Å². The van der Waals surface area contributed by atoms with Crippen LogP contribution in [0, 0.1) is 5.82 Å². The van der Waals surface area contributed by atoms with E-state index in [-0.39, 0.29) is 23.9 Å². The lowest BCUT2D eigenvalue weighted by Gasteiger charge is -2.03. The van der Waals surface area contributed by atoms with Gasteiger partial charge in [0.05, 0.1) is 25.4 Å². The van der Waals surface area contributed by atoms with Crippen LogP contribution in [0.1, 0.15) is 11.3 Å². The van der Waals surface area contributed by atoms with Gasteiger partial charge in [-0.25, -0.2) is 14.8 Å². The second-order valence-electron chi connectivity index (χ2n) is 5.55. The van der Waals surface area contributed by atoms with Gasteiger partial charge in [0.25, 0.3) is 0 Å². The predicted octanol–water partition coefficient (Wildman–Crippen LogP) is 3.36. The first-order valence-electron chi connectivity index (χ1n) is 7.94. The molecule has 0 spiro atoms. The fourth-order valence-corrected chi connectivity index (χ4v) is 3.08. The number of aromatic hydroxyl groups is 1. The zero-order valence-electron chi connectivity index (χ0n) is 14.3. The topological polar surface area (TPSA) is 83.8 Å². The number of carbonyl (C=O) groups excluding carboxylic acids is 1. The molecule has 0 saturated heterocycles. The highest BCUT2D eigenvalue weighted by Gasteiger charge is 2.09. The van der Waals surface area contributed by atoms with Crippen molar-refractivity contribution in [3.05, 3.63) is 64.9 Å². The first-order chi connectivity index (χ1) is 13.0. The van der Waals surface area contributed by atoms with Crippen molar-refractivity contribution in [1.82, 2.24) is 10.4 Å². The largest absolute Gasteiger partial charge is 0.507 e. The van der Waals surface area contributed by atoms with E-state index in [0.717, 1.165) is 5.56 Å². The molecular weight excluding hydrogens is 369 g/mol. The van der Waals surface area contributed by atoms with Crippen molar-refractivity contribution in [3.63, 3.8) is 0 Å². The number of carbonyl (C=O) groups is 1. The normalized spacial score (nSPS) is 10.9. The Bertz CT molecular complexity index is 971. The smallest absolute Gasteiger partial charge is 0.246 e. The molecule has 1 amide bonds. The van der Waals surface area contributed by atoms with Gasteiger partial charge in [0.15, 0.2) is 0 Å². The lowest BCUT2D eigenvalue weighted by atomic mass is 10.2. The summed E-state index contributed by atoms with van der Waals surface area (Å²) in [5, 5.41) is 16.1. The molecule has 0 aliphatic carbocycles. The molecule has 138 valence electrons. The molecule has 0 aliphatic rings. The molecule has 0 atom stereocenters. The highest BCUT2D eigenvalue weighted by atomic mass is 32.1. The van der Waals surface area contributed by atoms with Gasteiger partial charge in [-0.3, -0.25) is 4.79 Å². The summed E-state index contributed by atoms with van der Waals surface area (Å²) in [6.07, 6.45) is 1.39. The number of phenolic OH excluding ortho intramolecular Hbond substituents is 1. The Morgan fingerprint density at radius 1 is 1.33 bits per heavy atom. The second kappa shape index (κ2) is 8.41. The van der Waals surface area contributed by atoms with E-state index in [2.05, 4.69) is 15.5 Å². The average Bonchev–Trinajstić information content (AvgIpc) is 3.12. The minimum atomic E-state index is -0.343. The maximum absolute atomic E-state index is 13.0. The zero-order valence-corrected chi connectivity index (χ0v) is 15.2. The van der Waals surface area contributed by atoms with Gasteiger partial charge in [0.1, 0.15) is 22.3 Å². The first kappa shape index (κ1) is 18.5. The molecule has 0 bridgehead atoms. The Morgan fingerprint density at radius 2 is 2.11 bits per heavy atom. The molecule has 0 saturated carbocycles. The van der Waals surface area contributed by atoms with Gasteiger partial charge in [-0.15, -0.1) is 11.3 Å². The van der Waals surface area contributed by atoms with Crippen molar-refractivity contribution in [3.8, 4) is 22.1 Å². The second-order valence-corrected chi connectivity index (χ2v) is 6.40. The number of halogens is 1. The summed E-state index contributed by atoms with van der Waals surface area (Å²) in [6, 6.07) is 10.7. The molecule has 1 heterocycles. The Morgan fingerprint density at radius 3 is 2.85 bits per heavy atom. The SMILES string of the molecule is COc1ccc(O)c(/C=N/NC(=O)Cc2csc(-c3ccc(F)cc3)n2)c1. The highest BCUT2D eigenvalue weighted by molar-refractivity contribution is 7.13. The van der Waals surface area contributed by atoms with Crippen LogP contribution < -0.4 is 10.2 Å². The number of hydrogen-bond donors (Lipinski definition) is 2. The molecule has 8 heteroatoms. The molecule has 3 rings (SSSR count). The Labute approximate surface area is 159 Å². The molecule has 2 aromatic carbocycles. The summed E-state index contributed by atoms with van der Waals surface area (Å²) in [5.74, 6) is -0.0620. The summed E-state index contributed by atoms with van der Waals surface area (Å²) in [4.78, 5) is 16.4. The van der Waals surface area contributed by atoms with Crippen molar-refractivity contribution in [2.75, 3.05) is 7.11 Å². The maximum Gasteiger partial charge on any atom is 0.246 e. The Kier molecular flexibility index (Phi) is 5.77. The summed E-state index contributed by atoms with van der Waals surface area (Å²) in [7, 11) is 1.52. The summed E-state index contributed by atoms with van der Waals surface area (Å²) < 4.78 is 18.1. The van der Waals surface area contributed by atoms with E-state index >= 15 is 0 Å².